The van der Waals surface area contributed by atoms with Crippen LogP contribution < -0.4 is 10.6 Å². The van der Waals surface area contributed by atoms with Crippen LogP contribution >= 0.6 is 11.3 Å². The van der Waals surface area contributed by atoms with Crippen molar-refractivity contribution in [2.45, 2.75) is 32.7 Å². The molecule has 1 aromatic heterocycles. The Hall–Kier alpha value is -1.92. The zero-order valence-electron chi connectivity index (χ0n) is 15.4. The minimum Gasteiger partial charge on any atom is -0.381 e. The number of aliphatic imine (C=N–C) groups is 1. The lowest BCUT2D eigenvalue weighted by atomic mass is 10.2. The van der Waals surface area contributed by atoms with Gasteiger partial charge >= 0.3 is 0 Å². The largest absolute Gasteiger partial charge is 0.381 e. The molecule has 2 aromatic rings. The molecule has 3 rings (SSSR count). The maximum absolute atomic E-state index is 5.66. The van der Waals surface area contributed by atoms with Crippen LogP contribution in [0.15, 0.2) is 40.7 Å². The van der Waals surface area contributed by atoms with Crippen LogP contribution in [-0.4, -0.2) is 37.2 Å². The summed E-state index contributed by atoms with van der Waals surface area (Å²) in [5.41, 5.74) is 2.16. The smallest absolute Gasteiger partial charge is 0.191 e. The number of benzene rings is 1. The van der Waals surface area contributed by atoms with Crippen molar-refractivity contribution in [1.29, 1.82) is 0 Å². The Morgan fingerprint density at radius 3 is 2.88 bits per heavy atom. The standard InChI is InChI=1S/C20H28N4OS/c1-2-21-20(22-11-6-12-25-14-16-9-10-16)23-13-18-15-26-19(24-18)17-7-4-3-5-8-17/h3-5,7-8,15-16H,2,6,9-14H2,1H3,(H2,21,22,23). The van der Waals surface area contributed by atoms with Gasteiger partial charge in [-0.2, -0.15) is 0 Å². The molecular formula is C20H28N4OS. The highest BCUT2D eigenvalue weighted by Gasteiger charge is 2.20. The minimum absolute atomic E-state index is 0.580. The van der Waals surface area contributed by atoms with Gasteiger partial charge in [0.1, 0.15) is 5.01 Å². The third-order valence-electron chi connectivity index (χ3n) is 4.12. The van der Waals surface area contributed by atoms with Crippen molar-refractivity contribution in [3.8, 4) is 10.6 Å². The summed E-state index contributed by atoms with van der Waals surface area (Å²) < 4.78 is 5.66. The fourth-order valence-electron chi connectivity index (χ4n) is 2.51. The lowest BCUT2D eigenvalue weighted by Crippen LogP contribution is -2.38. The van der Waals surface area contributed by atoms with E-state index < -0.39 is 0 Å². The molecule has 0 saturated heterocycles. The molecule has 1 heterocycles. The van der Waals surface area contributed by atoms with Gasteiger partial charge in [0, 0.05) is 37.2 Å². The first-order valence-electron chi connectivity index (χ1n) is 9.45. The molecule has 6 heteroatoms. The highest BCUT2D eigenvalue weighted by atomic mass is 32.1. The number of aromatic nitrogens is 1. The van der Waals surface area contributed by atoms with Crippen LogP contribution in [0.5, 0.6) is 0 Å². The molecule has 0 unspecified atom stereocenters. The Labute approximate surface area is 159 Å². The van der Waals surface area contributed by atoms with E-state index >= 15 is 0 Å². The summed E-state index contributed by atoms with van der Waals surface area (Å²) in [6.07, 6.45) is 3.68. The molecule has 0 aliphatic heterocycles. The predicted octanol–water partition coefficient (Wildman–Crippen LogP) is 3.68. The average molecular weight is 373 g/mol. The second-order valence-electron chi connectivity index (χ2n) is 6.50. The van der Waals surface area contributed by atoms with Crippen LogP contribution in [0.3, 0.4) is 0 Å². The molecule has 1 aromatic carbocycles. The number of ether oxygens (including phenoxy) is 1. The van der Waals surface area contributed by atoms with Crippen molar-refractivity contribution >= 4 is 17.3 Å². The molecule has 26 heavy (non-hydrogen) atoms. The highest BCUT2D eigenvalue weighted by Crippen LogP contribution is 2.28. The summed E-state index contributed by atoms with van der Waals surface area (Å²) in [6, 6.07) is 10.3. The minimum atomic E-state index is 0.580. The number of nitrogens with one attached hydrogen (secondary N) is 2. The molecule has 140 valence electrons. The first-order chi connectivity index (χ1) is 12.8. The molecule has 1 fully saturated rings. The van der Waals surface area contributed by atoms with Crippen LogP contribution in [-0.2, 0) is 11.3 Å². The van der Waals surface area contributed by atoms with Gasteiger partial charge in [0.2, 0.25) is 0 Å². The van der Waals surface area contributed by atoms with Crippen LogP contribution in [0, 0.1) is 5.92 Å². The Balaban J connectivity index is 1.43. The van der Waals surface area contributed by atoms with Crippen LogP contribution in [0.1, 0.15) is 31.9 Å². The summed E-state index contributed by atoms with van der Waals surface area (Å²) in [7, 11) is 0. The zero-order valence-corrected chi connectivity index (χ0v) is 16.2. The number of hydrogen-bond acceptors (Lipinski definition) is 4. The molecule has 0 spiro atoms. The molecular weight excluding hydrogens is 344 g/mol. The van der Waals surface area contributed by atoms with Gasteiger partial charge in [0.05, 0.1) is 12.2 Å². The molecule has 0 bridgehead atoms. The highest BCUT2D eigenvalue weighted by molar-refractivity contribution is 7.13. The topological polar surface area (TPSA) is 58.5 Å². The number of guanidine groups is 1. The first kappa shape index (κ1) is 18.9. The Morgan fingerprint density at radius 1 is 1.27 bits per heavy atom. The van der Waals surface area contributed by atoms with Crippen molar-refractivity contribution in [1.82, 2.24) is 15.6 Å². The summed E-state index contributed by atoms with van der Waals surface area (Å²) in [5.74, 6) is 1.67. The van der Waals surface area contributed by atoms with E-state index in [0.717, 1.165) is 60.9 Å². The maximum Gasteiger partial charge on any atom is 0.191 e. The van der Waals surface area contributed by atoms with Crippen molar-refractivity contribution < 1.29 is 4.74 Å². The molecule has 0 atom stereocenters. The van der Waals surface area contributed by atoms with E-state index in [1.807, 2.05) is 18.2 Å². The van der Waals surface area contributed by atoms with Gasteiger partial charge in [-0.25, -0.2) is 9.98 Å². The Kier molecular flexibility index (Phi) is 7.46. The van der Waals surface area contributed by atoms with E-state index in [1.165, 1.54) is 12.8 Å². The van der Waals surface area contributed by atoms with Crippen LogP contribution in [0.2, 0.25) is 0 Å². The Morgan fingerprint density at radius 2 is 2.12 bits per heavy atom. The number of thiazole rings is 1. The summed E-state index contributed by atoms with van der Waals surface area (Å²) in [5, 5.41) is 9.78. The normalized spacial score (nSPS) is 14.4. The number of rotatable bonds is 10. The summed E-state index contributed by atoms with van der Waals surface area (Å²) >= 11 is 1.66. The molecule has 2 N–H and O–H groups in total. The van der Waals surface area contributed by atoms with E-state index in [1.54, 1.807) is 11.3 Å². The van der Waals surface area contributed by atoms with E-state index in [-0.39, 0.29) is 0 Å². The van der Waals surface area contributed by atoms with E-state index in [0.29, 0.717) is 6.54 Å². The van der Waals surface area contributed by atoms with Gasteiger partial charge in [0.25, 0.3) is 0 Å². The number of nitrogens with zero attached hydrogens (tertiary/aromatic N) is 2. The van der Waals surface area contributed by atoms with Crippen molar-refractivity contribution in [2.24, 2.45) is 10.9 Å². The first-order valence-corrected chi connectivity index (χ1v) is 10.3. The lowest BCUT2D eigenvalue weighted by Gasteiger charge is -2.11. The van der Waals surface area contributed by atoms with E-state index in [9.17, 15) is 0 Å². The molecule has 1 saturated carbocycles. The molecule has 1 aliphatic rings. The van der Waals surface area contributed by atoms with Gasteiger partial charge in [0.15, 0.2) is 5.96 Å². The van der Waals surface area contributed by atoms with E-state index in [4.69, 9.17) is 9.72 Å². The maximum atomic E-state index is 5.66. The van der Waals surface area contributed by atoms with Gasteiger partial charge in [-0.3, -0.25) is 0 Å². The van der Waals surface area contributed by atoms with Gasteiger partial charge in [-0.15, -0.1) is 11.3 Å². The fourth-order valence-corrected chi connectivity index (χ4v) is 3.33. The van der Waals surface area contributed by atoms with Gasteiger partial charge in [-0.1, -0.05) is 30.3 Å². The lowest BCUT2D eigenvalue weighted by molar-refractivity contribution is 0.123. The third-order valence-corrected chi connectivity index (χ3v) is 5.06. The molecule has 0 radical (unpaired) electrons. The SMILES string of the molecule is CCNC(=NCc1csc(-c2ccccc2)n1)NCCCOCC1CC1. The average Bonchev–Trinajstić information content (AvgIpc) is 3.38. The van der Waals surface area contributed by atoms with E-state index in [2.05, 4.69) is 40.1 Å². The van der Waals surface area contributed by atoms with Gasteiger partial charge in [-0.05, 0) is 32.1 Å². The van der Waals surface area contributed by atoms with Gasteiger partial charge < -0.3 is 15.4 Å². The quantitative estimate of drug-likeness (QED) is 0.379. The summed E-state index contributed by atoms with van der Waals surface area (Å²) in [6.45, 7) is 6.11. The monoisotopic (exact) mass is 372 g/mol. The van der Waals surface area contributed by atoms with Crippen LogP contribution in [0.4, 0.5) is 0 Å². The second kappa shape index (κ2) is 10.3. The van der Waals surface area contributed by atoms with Crippen molar-refractivity contribution in [3.05, 3.63) is 41.4 Å². The van der Waals surface area contributed by atoms with Crippen molar-refractivity contribution in [2.75, 3.05) is 26.3 Å². The summed E-state index contributed by atoms with van der Waals surface area (Å²) in [4.78, 5) is 9.34. The fraction of sp³-hybridized carbons (Fsp3) is 0.500. The zero-order chi connectivity index (χ0) is 18.0. The second-order valence-corrected chi connectivity index (χ2v) is 7.36. The molecule has 0 amide bonds. The molecule has 1 aliphatic carbocycles. The molecule has 5 nitrogen and oxygen atoms in total. The third kappa shape index (κ3) is 6.42. The number of hydrogen-bond donors (Lipinski definition) is 2. The van der Waals surface area contributed by atoms with Crippen molar-refractivity contribution in [3.63, 3.8) is 0 Å². The predicted molar refractivity (Wildman–Crippen MR) is 109 cm³/mol. The Bertz CT molecular complexity index is 682. The van der Waals surface area contributed by atoms with Crippen LogP contribution in [0.25, 0.3) is 10.6 Å².